The molecule has 12 nitrogen and oxygen atoms in total. The van der Waals surface area contributed by atoms with Crippen LogP contribution >= 0.6 is 0 Å². The van der Waals surface area contributed by atoms with Crippen LogP contribution in [0.3, 0.4) is 0 Å². The highest BCUT2D eigenvalue weighted by molar-refractivity contribution is 5.91. The Kier molecular flexibility index (Phi) is 6.56. The molecule has 42 heavy (non-hydrogen) atoms. The van der Waals surface area contributed by atoms with E-state index < -0.39 is 11.7 Å². The van der Waals surface area contributed by atoms with E-state index in [9.17, 15) is 14.6 Å². The third kappa shape index (κ3) is 4.74. The van der Waals surface area contributed by atoms with Crippen LogP contribution in [0.5, 0.6) is 0 Å². The van der Waals surface area contributed by atoms with Gasteiger partial charge in [-0.3, -0.25) is 4.68 Å². The highest BCUT2D eigenvalue weighted by Gasteiger charge is 2.30. The molecule has 216 valence electrons. The van der Waals surface area contributed by atoms with Crippen LogP contribution < -0.4 is 9.80 Å². The van der Waals surface area contributed by atoms with Gasteiger partial charge in [0.2, 0.25) is 5.95 Å². The molecule has 5 aromatic rings. The molecule has 13 heteroatoms. The lowest BCUT2D eigenvalue weighted by Crippen LogP contribution is -2.47. The summed E-state index contributed by atoms with van der Waals surface area (Å²) in [5, 5.41) is 26.6. The van der Waals surface area contributed by atoms with E-state index in [0.29, 0.717) is 56.5 Å². The van der Waals surface area contributed by atoms with Gasteiger partial charge >= 0.3 is 0 Å². The van der Waals surface area contributed by atoms with Crippen LogP contribution in [0.2, 0.25) is 0 Å². The summed E-state index contributed by atoms with van der Waals surface area (Å²) in [5.74, 6) is 1.07. The number of piperazine rings is 1. The summed E-state index contributed by atoms with van der Waals surface area (Å²) in [5.41, 5.74) is 2.25. The molecule has 0 amide bonds. The molecule has 0 spiro atoms. The van der Waals surface area contributed by atoms with Crippen molar-refractivity contribution in [2.24, 2.45) is 0 Å². The molecule has 7 rings (SSSR count). The van der Waals surface area contributed by atoms with Crippen molar-refractivity contribution in [3.63, 3.8) is 0 Å². The Morgan fingerprint density at radius 2 is 1.69 bits per heavy atom. The van der Waals surface area contributed by atoms with Gasteiger partial charge in [-0.15, -0.1) is 0 Å². The molecule has 0 aliphatic carbocycles. The van der Waals surface area contributed by atoms with Crippen molar-refractivity contribution in [3.05, 3.63) is 78.4 Å². The maximum atomic E-state index is 13.3. The molecule has 2 aliphatic heterocycles. The zero-order valence-electron chi connectivity index (χ0n) is 22.9. The maximum Gasteiger partial charge on any atom is 0.225 e. The fourth-order valence-corrected chi connectivity index (χ4v) is 5.57. The summed E-state index contributed by atoms with van der Waals surface area (Å²) in [4.78, 5) is 25.8. The quantitative estimate of drug-likeness (QED) is 0.278. The van der Waals surface area contributed by atoms with Crippen LogP contribution in [-0.2, 0) is 10.3 Å². The second-order valence-corrected chi connectivity index (χ2v) is 10.8. The number of hydrogen-bond donors (Lipinski definition) is 3. The van der Waals surface area contributed by atoms with Crippen molar-refractivity contribution in [2.45, 2.75) is 24.7 Å². The van der Waals surface area contributed by atoms with Gasteiger partial charge in [-0.05, 0) is 30.7 Å². The van der Waals surface area contributed by atoms with Crippen molar-refractivity contribution in [1.29, 1.82) is 0 Å². The molecule has 3 atom stereocenters. The van der Waals surface area contributed by atoms with Crippen LogP contribution in [0.1, 0.15) is 24.1 Å². The van der Waals surface area contributed by atoms with Gasteiger partial charge in [0, 0.05) is 55.9 Å². The van der Waals surface area contributed by atoms with Gasteiger partial charge < -0.3 is 29.7 Å². The van der Waals surface area contributed by atoms with Gasteiger partial charge in [0.25, 0.3) is 0 Å². The first-order chi connectivity index (χ1) is 20.4. The highest BCUT2D eigenvalue weighted by Crippen LogP contribution is 2.31. The Hall–Kier alpha value is -4.46. The molecule has 2 aliphatic rings. The molecule has 0 bridgehead atoms. The minimum absolute atomic E-state index is 0.196. The predicted octanol–water partition coefficient (Wildman–Crippen LogP) is 2.27. The molecule has 3 N–H and O–H groups in total. The van der Waals surface area contributed by atoms with Gasteiger partial charge in [0.05, 0.1) is 30.5 Å². The zero-order valence-corrected chi connectivity index (χ0v) is 22.9. The Morgan fingerprint density at radius 3 is 2.40 bits per heavy atom. The number of halogens is 1. The summed E-state index contributed by atoms with van der Waals surface area (Å²) in [6.45, 7) is 5.19. The standard InChI is InChI=1S/C29H30FN9O3/c1-29(41,19-2-4-21(30)5-3-19)20-12-31-28(32-13-20)38-8-6-37(7-9-38)27-22-10-23(36-26(22)33-17-34-27)18-11-35-39(14-18)24-15-42-16-25(24)40/h2-5,10-14,17,24-25,40-41H,6-9,15-16H2,1H3,(H,33,34,36)/t24-,25+,29-/m0/s1. The van der Waals surface area contributed by atoms with E-state index in [-0.39, 0.29) is 11.9 Å². The minimum Gasteiger partial charge on any atom is -0.388 e. The van der Waals surface area contributed by atoms with E-state index in [1.165, 1.54) is 12.1 Å². The zero-order chi connectivity index (χ0) is 28.8. The number of rotatable bonds is 6. The number of hydrogen-bond acceptors (Lipinski definition) is 10. The molecule has 1 aromatic carbocycles. The number of H-pyrrole nitrogens is 1. The Labute approximate surface area is 240 Å². The van der Waals surface area contributed by atoms with Crippen molar-refractivity contribution < 1.29 is 19.3 Å². The average molecular weight is 572 g/mol. The van der Waals surface area contributed by atoms with Crippen LogP contribution in [0.4, 0.5) is 16.2 Å². The lowest BCUT2D eigenvalue weighted by Gasteiger charge is -2.35. The van der Waals surface area contributed by atoms with Crippen LogP contribution in [-0.4, -0.2) is 90.4 Å². The summed E-state index contributed by atoms with van der Waals surface area (Å²) in [6, 6.07) is 7.61. The summed E-state index contributed by atoms with van der Waals surface area (Å²) < 4.78 is 20.5. The number of aliphatic hydroxyl groups is 2. The SMILES string of the molecule is C[C@](O)(c1ccc(F)cc1)c1cnc(N2CCN(c3ncnc4[nH]c(-c5cnn([C@H]6COC[C@H]6O)c5)cc34)CC2)nc1. The topological polar surface area (TPSA) is 141 Å². The molecule has 0 saturated carbocycles. The molecular formula is C29H30FN9O3. The number of ether oxygens (including phenoxy) is 1. The van der Waals surface area contributed by atoms with E-state index >= 15 is 0 Å². The Bertz CT molecular complexity index is 1700. The Morgan fingerprint density at radius 1 is 0.952 bits per heavy atom. The van der Waals surface area contributed by atoms with Crippen molar-refractivity contribution in [1.82, 2.24) is 34.7 Å². The van der Waals surface area contributed by atoms with Crippen molar-refractivity contribution in [3.8, 4) is 11.3 Å². The second-order valence-electron chi connectivity index (χ2n) is 10.8. The normalized spacial score (nSPS) is 20.8. The fraction of sp³-hybridized carbons (Fsp3) is 0.345. The summed E-state index contributed by atoms with van der Waals surface area (Å²) in [6.07, 6.45) is 7.91. The number of aromatic amines is 1. The maximum absolute atomic E-state index is 13.3. The molecule has 0 radical (unpaired) electrons. The predicted molar refractivity (Wildman–Crippen MR) is 153 cm³/mol. The lowest BCUT2D eigenvalue weighted by atomic mass is 9.90. The Balaban J connectivity index is 1.05. The number of nitrogens with zero attached hydrogens (tertiary/aromatic N) is 8. The van der Waals surface area contributed by atoms with E-state index in [2.05, 4.69) is 39.8 Å². The minimum atomic E-state index is -1.34. The number of aliphatic hydroxyl groups excluding tert-OH is 1. The van der Waals surface area contributed by atoms with E-state index in [1.807, 2.05) is 12.3 Å². The van der Waals surface area contributed by atoms with Crippen LogP contribution in [0.25, 0.3) is 22.3 Å². The molecule has 2 fully saturated rings. The highest BCUT2D eigenvalue weighted by atomic mass is 19.1. The number of benzene rings is 1. The number of fused-ring (bicyclic) bond motifs is 1. The third-order valence-corrected chi connectivity index (χ3v) is 8.15. The molecule has 4 aromatic heterocycles. The first kappa shape index (κ1) is 26.4. The summed E-state index contributed by atoms with van der Waals surface area (Å²) in [7, 11) is 0. The molecule has 2 saturated heterocycles. The van der Waals surface area contributed by atoms with E-state index in [1.54, 1.807) is 48.7 Å². The van der Waals surface area contributed by atoms with Gasteiger partial charge in [-0.2, -0.15) is 5.10 Å². The fourth-order valence-electron chi connectivity index (χ4n) is 5.57. The monoisotopic (exact) mass is 571 g/mol. The lowest BCUT2D eigenvalue weighted by molar-refractivity contribution is 0.101. The third-order valence-electron chi connectivity index (χ3n) is 8.15. The van der Waals surface area contributed by atoms with E-state index in [0.717, 1.165) is 28.1 Å². The van der Waals surface area contributed by atoms with Crippen molar-refractivity contribution in [2.75, 3.05) is 49.2 Å². The van der Waals surface area contributed by atoms with Gasteiger partial charge in [0.15, 0.2) is 0 Å². The first-order valence-electron chi connectivity index (χ1n) is 13.8. The molecule has 0 unspecified atom stereocenters. The van der Waals surface area contributed by atoms with Crippen molar-refractivity contribution >= 4 is 22.8 Å². The first-order valence-corrected chi connectivity index (χ1v) is 13.8. The van der Waals surface area contributed by atoms with Gasteiger partial charge in [0.1, 0.15) is 41.4 Å². The average Bonchev–Trinajstić information content (AvgIpc) is 3.77. The molecule has 6 heterocycles. The number of anilines is 2. The largest absolute Gasteiger partial charge is 0.388 e. The van der Waals surface area contributed by atoms with Crippen LogP contribution in [0, 0.1) is 5.82 Å². The second kappa shape index (κ2) is 10.4. The number of aromatic nitrogens is 7. The summed E-state index contributed by atoms with van der Waals surface area (Å²) >= 11 is 0. The number of nitrogens with one attached hydrogen (secondary N) is 1. The smallest absolute Gasteiger partial charge is 0.225 e. The molecular weight excluding hydrogens is 541 g/mol. The van der Waals surface area contributed by atoms with Gasteiger partial charge in [-0.1, -0.05) is 12.1 Å². The van der Waals surface area contributed by atoms with Gasteiger partial charge in [-0.25, -0.2) is 24.3 Å². The van der Waals surface area contributed by atoms with E-state index in [4.69, 9.17) is 4.74 Å². The van der Waals surface area contributed by atoms with Crippen LogP contribution in [0.15, 0.2) is 61.4 Å².